The highest BCUT2D eigenvalue weighted by Crippen LogP contribution is 2.43. The van der Waals surface area contributed by atoms with Gasteiger partial charge in [0.1, 0.15) is 0 Å². The zero-order valence-corrected chi connectivity index (χ0v) is 30.5. The minimum Gasteiger partial charge on any atom is -0.208 e. The summed E-state index contributed by atoms with van der Waals surface area (Å²) in [6.07, 6.45) is 0. The molecule has 0 aliphatic heterocycles. The van der Waals surface area contributed by atoms with E-state index in [0.29, 0.717) is 17.5 Å². The second-order valence-electron chi connectivity index (χ2n) is 14.0. The summed E-state index contributed by atoms with van der Waals surface area (Å²) in [5.41, 5.74) is 7.43. The van der Waals surface area contributed by atoms with Gasteiger partial charge in [-0.2, -0.15) is 0 Å². The Morgan fingerprint density at radius 3 is 1.49 bits per heavy atom. The molecular formula is C51H31N3S. The lowest BCUT2D eigenvalue weighted by Crippen LogP contribution is -2.01. The number of thiophene rings is 1. The molecule has 0 radical (unpaired) electrons. The molecule has 0 N–H and O–H groups in total. The maximum atomic E-state index is 5.31. The molecule has 0 aliphatic rings. The number of hydrogen-bond acceptors (Lipinski definition) is 4. The number of fused-ring (bicyclic) bond motifs is 9. The Morgan fingerprint density at radius 1 is 0.273 bits per heavy atom. The number of rotatable bonds is 5. The third kappa shape index (κ3) is 5.38. The monoisotopic (exact) mass is 717 g/mol. The fraction of sp³-hybridized carbons (Fsp3) is 0. The highest BCUT2D eigenvalue weighted by atomic mass is 32.1. The van der Waals surface area contributed by atoms with Crippen LogP contribution in [0.1, 0.15) is 0 Å². The average molecular weight is 718 g/mol. The first kappa shape index (κ1) is 31.5. The van der Waals surface area contributed by atoms with Gasteiger partial charge < -0.3 is 0 Å². The number of benzene rings is 9. The minimum absolute atomic E-state index is 0.640. The number of aromatic nitrogens is 3. The van der Waals surface area contributed by atoms with Crippen LogP contribution in [-0.4, -0.2) is 15.0 Å². The molecule has 9 aromatic carbocycles. The van der Waals surface area contributed by atoms with Crippen LogP contribution in [0.5, 0.6) is 0 Å². The first-order valence-corrected chi connectivity index (χ1v) is 19.3. The summed E-state index contributed by atoms with van der Waals surface area (Å²) in [6, 6.07) is 66.9. The standard InChI is InChI=1S/C51H31N3S/c1-3-14-32(15-4-1)37-30-45(48-43-24-11-12-25-46(43)55-47(48)31-37)51-53-49(33-16-5-2-6-17-33)52-50(54-51)36-19-13-18-34(28-36)35-26-27-42-40-22-8-7-20-38(40)39-21-9-10-23-41(39)44(42)29-35/h1-31H. The van der Waals surface area contributed by atoms with E-state index in [9.17, 15) is 0 Å². The molecule has 2 aromatic heterocycles. The van der Waals surface area contributed by atoms with Crippen LogP contribution in [0.15, 0.2) is 188 Å². The summed E-state index contributed by atoms with van der Waals surface area (Å²) < 4.78 is 2.45. The van der Waals surface area contributed by atoms with Gasteiger partial charge in [-0.25, -0.2) is 15.0 Å². The molecule has 256 valence electrons. The Hall–Kier alpha value is -7.01. The van der Waals surface area contributed by atoms with Crippen molar-refractivity contribution < 1.29 is 0 Å². The van der Waals surface area contributed by atoms with Gasteiger partial charge >= 0.3 is 0 Å². The fourth-order valence-corrected chi connectivity index (χ4v) is 9.27. The van der Waals surface area contributed by atoms with Crippen molar-refractivity contribution in [3.8, 4) is 56.4 Å². The van der Waals surface area contributed by atoms with Crippen LogP contribution in [0, 0.1) is 0 Å². The molecule has 0 aliphatic carbocycles. The number of nitrogens with zero attached hydrogens (tertiary/aromatic N) is 3. The predicted molar refractivity (Wildman–Crippen MR) is 232 cm³/mol. The van der Waals surface area contributed by atoms with Gasteiger partial charge in [0.2, 0.25) is 0 Å². The first-order valence-electron chi connectivity index (χ1n) is 18.5. The Bertz CT molecular complexity index is 3220. The van der Waals surface area contributed by atoms with E-state index in [1.807, 2.05) is 29.5 Å². The molecule has 2 heterocycles. The molecule has 0 bridgehead atoms. The van der Waals surface area contributed by atoms with E-state index >= 15 is 0 Å². The van der Waals surface area contributed by atoms with E-state index < -0.39 is 0 Å². The van der Waals surface area contributed by atoms with E-state index in [0.717, 1.165) is 38.9 Å². The summed E-state index contributed by atoms with van der Waals surface area (Å²) in [7, 11) is 0. The summed E-state index contributed by atoms with van der Waals surface area (Å²) in [6.45, 7) is 0. The maximum Gasteiger partial charge on any atom is 0.164 e. The van der Waals surface area contributed by atoms with Gasteiger partial charge in [-0.05, 0) is 84.9 Å². The SMILES string of the molecule is c1ccc(-c2cc(-c3nc(-c4ccccc4)nc(-c4cccc(-c5ccc6c7ccccc7c7ccccc7c6c5)c4)n3)c3c(c2)sc2ccccc23)cc1. The van der Waals surface area contributed by atoms with E-state index in [1.54, 1.807) is 0 Å². The Kier molecular flexibility index (Phi) is 7.35. The van der Waals surface area contributed by atoms with Crippen molar-refractivity contribution in [2.45, 2.75) is 0 Å². The lowest BCUT2D eigenvalue weighted by atomic mass is 9.92. The van der Waals surface area contributed by atoms with Crippen LogP contribution in [0.2, 0.25) is 0 Å². The van der Waals surface area contributed by atoms with Gasteiger partial charge in [0, 0.05) is 36.9 Å². The highest BCUT2D eigenvalue weighted by molar-refractivity contribution is 7.26. The second-order valence-corrected chi connectivity index (χ2v) is 15.0. The zero-order valence-electron chi connectivity index (χ0n) is 29.6. The molecule has 11 aromatic rings. The quantitative estimate of drug-likeness (QED) is 0.166. The van der Waals surface area contributed by atoms with Crippen molar-refractivity contribution in [2.24, 2.45) is 0 Å². The van der Waals surface area contributed by atoms with Crippen LogP contribution in [0.3, 0.4) is 0 Å². The first-order chi connectivity index (χ1) is 27.2. The smallest absolute Gasteiger partial charge is 0.164 e. The third-order valence-corrected chi connectivity index (χ3v) is 11.8. The molecule has 55 heavy (non-hydrogen) atoms. The van der Waals surface area contributed by atoms with Gasteiger partial charge in [-0.15, -0.1) is 11.3 Å². The van der Waals surface area contributed by atoms with Crippen molar-refractivity contribution in [2.75, 3.05) is 0 Å². The lowest BCUT2D eigenvalue weighted by Gasteiger charge is -2.13. The molecule has 4 heteroatoms. The molecule has 0 atom stereocenters. The fourth-order valence-electron chi connectivity index (χ4n) is 8.09. The van der Waals surface area contributed by atoms with Gasteiger partial charge in [0.25, 0.3) is 0 Å². The van der Waals surface area contributed by atoms with Crippen LogP contribution in [0.25, 0.3) is 109 Å². The van der Waals surface area contributed by atoms with E-state index in [1.165, 1.54) is 52.5 Å². The molecular weight excluding hydrogens is 687 g/mol. The summed E-state index contributed by atoms with van der Waals surface area (Å²) in [4.78, 5) is 15.7. The molecule has 0 fully saturated rings. The molecule has 0 unspecified atom stereocenters. The van der Waals surface area contributed by atoms with Crippen molar-refractivity contribution in [3.05, 3.63) is 188 Å². The summed E-state index contributed by atoms with van der Waals surface area (Å²) in [5, 5.41) is 9.96. The van der Waals surface area contributed by atoms with Crippen LogP contribution in [0.4, 0.5) is 0 Å². The Labute approximate surface area is 321 Å². The maximum absolute atomic E-state index is 5.31. The van der Waals surface area contributed by atoms with Crippen LogP contribution in [-0.2, 0) is 0 Å². The Morgan fingerprint density at radius 2 is 0.782 bits per heavy atom. The van der Waals surface area contributed by atoms with Gasteiger partial charge in [0.05, 0.1) is 0 Å². The van der Waals surface area contributed by atoms with Crippen molar-refractivity contribution in [1.29, 1.82) is 0 Å². The molecule has 3 nitrogen and oxygen atoms in total. The zero-order chi connectivity index (χ0) is 36.3. The molecule has 0 spiro atoms. The average Bonchev–Trinajstić information content (AvgIpc) is 3.65. The summed E-state index contributed by atoms with van der Waals surface area (Å²) >= 11 is 1.81. The minimum atomic E-state index is 0.640. The van der Waals surface area contributed by atoms with Crippen molar-refractivity contribution in [1.82, 2.24) is 15.0 Å². The van der Waals surface area contributed by atoms with Crippen molar-refractivity contribution in [3.63, 3.8) is 0 Å². The topological polar surface area (TPSA) is 38.7 Å². The molecule has 0 saturated heterocycles. The molecule has 0 amide bonds. The highest BCUT2D eigenvalue weighted by Gasteiger charge is 2.19. The third-order valence-electron chi connectivity index (χ3n) is 10.7. The van der Waals surface area contributed by atoms with Crippen LogP contribution < -0.4 is 0 Å². The van der Waals surface area contributed by atoms with Crippen molar-refractivity contribution >= 4 is 63.8 Å². The van der Waals surface area contributed by atoms with Crippen LogP contribution >= 0.6 is 11.3 Å². The van der Waals surface area contributed by atoms with Gasteiger partial charge in [0.15, 0.2) is 17.5 Å². The number of hydrogen-bond donors (Lipinski definition) is 0. The Balaban J connectivity index is 1.12. The van der Waals surface area contributed by atoms with E-state index in [2.05, 4.69) is 170 Å². The lowest BCUT2D eigenvalue weighted by molar-refractivity contribution is 1.08. The van der Waals surface area contributed by atoms with E-state index in [-0.39, 0.29) is 0 Å². The second kappa shape index (κ2) is 12.8. The van der Waals surface area contributed by atoms with Gasteiger partial charge in [-0.1, -0.05) is 158 Å². The normalized spacial score (nSPS) is 11.6. The largest absolute Gasteiger partial charge is 0.208 e. The van der Waals surface area contributed by atoms with E-state index in [4.69, 9.17) is 15.0 Å². The molecule has 0 saturated carbocycles. The summed E-state index contributed by atoms with van der Waals surface area (Å²) in [5.74, 6) is 1.94. The van der Waals surface area contributed by atoms with Gasteiger partial charge in [-0.3, -0.25) is 0 Å². The molecule has 11 rings (SSSR count). The predicted octanol–water partition coefficient (Wildman–Crippen LogP) is 14.0.